The van der Waals surface area contributed by atoms with Gasteiger partial charge in [-0.15, -0.1) is 0 Å². The second kappa shape index (κ2) is 5.21. The van der Waals surface area contributed by atoms with Crippen molar-refractivity contribution < 1.29 is 9.53 Å². The first-order chi connectivity index (χ1) is 8.22. The van der Waals surface area contributed by atoms with Gasteiger partial charge in [-0.05, 0) is 25.3 Å². The summed E-state index contributed by atoms with van der Waals surface area (Å²) in [6.07, 6.45) is 1.66. The van der Waals surface area contributed by atoms with Crippen LogP contribution < -0.4 is 0 Å². The summed E-state index contributed by atoms with van der Waals surface area (Å²) >= 11 is 0. The number of rotatable bonds is 4. The van der Waals surface area contributed by atoms with Crippen LogP contribution in [-0.4, -0.2) is 29.7 Å². The van der Waals surface area contributed by atoms with Crippen LogP contribution in [-0.2, 0) is 11.2 Å². The van der Waals surface area contributed by atoms with Crippen LogP contribution in [0.2, 0.25) is 0 Å². The third kappa shape index (κ3) is 2.60. The zero-order chi connectivity index (χ0) is 12.3. The zero-order valence-electron chi connectivity index (χ0n) is 10.4. The third-order valence-corrected chi connectivity index (χ3v) is 3.38. The standard InChI is InChI=1S/C14H19NO2/c1-3-11(2)15-13(10-17-14(15)16)9-12-7-5-4-6-8-12/h4-8,11,13H,3,9-10H2,1-2H3. The molecule has 0 N–H and O–H groups in total. The van der Waals surface area contributed by atoms with E-state index >= 15 is 0 Å². The van der Waals surface area contributed by atoms with E-state index in [-0.39, 0.29) is 18.2 Å². The summed E-state index contributed by atoms with van der Waals surface area (Å²) in [7, 11) is 0. The number of benzene rings is 1. The Balaban J connectivity index is 2.07. The Kier molecular flexibility index (Phi) is 3.67. The molecule has 1 amide bonds. The largest absolute Gasteiger partial charge is 0.447 e. The molecule has 3 nitrogen and oxygen atoms in total. The van der Waals surface area contributed by atoms with Gasteiger partial charge in [-0.3, -0.25) is 4.90 Å². The van der Waals surface area contributed by atoms with Crippen LogP contribution in [0.1, 0.15) is 25.8 Å². The maximum atomic E-state index is 11.7. The normalized spacial score (nSPS) is 21.4. The van der Waals surface area contributed by atoms with Crippen LogP contribution in [0.5, 0.6) is 0 Å². The van der Waals surface area contributed by atoms with Gasteiger partial charge in [-0.1, -0.05) is 37.3 Å². The van der Waals surface area contributed by atoms with Crippen molar-refractivity contribution in [2.45, 2.75) is 38.8 Å². The Morgan fingerprint density at radius 3 is 2.76 bits per heavy atom. The fourth-order valence-electron chi connectivity index (χ4n) is 2.25. The SMILES string of the molecule is CCC(C)N1C(=O)OCC1Cc1ccccc1. The highest BCUT2D eigenvalue weighted by Gasteiger charge is 2.35. The fourth-order valence-corrected chi connectivity index (χ4v) is 2.25. The van der Waals surface area contributed by atoms with Crippen molar-refractivity contribution in [1.29, 1.82) is 0 Å². The van der Waals surface area contributed by atoms with Crippen molar-refractivity contribution >= 4 is 6.09 Å². The molecule has 2 unspecified atom stereocenters. The van der Waals surface area contributed by atoms with Crippen molar-refractivity contribution in [2.24, 2.45) is 0 Å². The van der Waals surface area contributed by atoms with E-state index in [1.807, 2.05) is 23.1 Å². The summed E-state index contributed by atoms with van der Waals surface area (Å²) in [5.41, 5.74) is 1.25. The molecule has 2 rings (SSSR count). The number of hydrogen-bond acceptors (Lipinski definition) is 2. The second-order valence-electron chi connectivity index (χ2n) is 4.58. The topological polar surface area (TPSA) is 29.5 Å². The molecule has 0 radical (unpaired) electrons. The average molecular weight is 233 g/mol. The van der Waals surface area contributed by atoms with Gasteiger partial charge in [0, 0.05) is 6.04 Å². The molecule has 0 spiro atoms. The molecular formula is C14H19NO2. The Morgan fingerprint density at radius 2 is 2.12 bits per heavy atom. The first kappa shape index (κ1) is 12.0. The van der Waals surface area contributed by atoms with Crippen LogP contribution in [0, 0.1) is 0 Å². The van der Waals surface area contributed by atoms with Crippen LogP contribution in [0.4, 0.5) is 4.79 Å². The van der Waals surface area contributed by atoms with Gasteiger partial charge in [-0.25, -0.2) is 4.79 Å². The smallest absolute Gasteiger partial charge is 0.410 e. The van der Waals surface area contributed by atoms with E-state index in [1.165, 1.54) is 5.56 Å². The maximum absolute atomic E-state index is 11.7. The quantitative estimate of drug-likeness (QED) is 0.800. The highest BCUT2D eigenvalue weighted by molar-refractivity contribution is 5.70. The molecular weight excluding hydrogens is 214 g/mol. The van der Waals surface area contributed by atoms with Crippen molar-refractivity contribution in [1.82, 2.24) is 4.90 Å². The number of nitrogens with zero attached hydrogens (tertiary/aromatic N) is 1. The highest BCUT2D eigenvalue weighted by atomic mass is 16.6. The lowest BCUT2D eigenvalue weighted by atomic mass is 10.0. The first-order valence-corrected chi connectivity index (χ1v) is 6.21. The number of carbonyl (C=O) groups excluding carboxylic acids is 1. The molecule has 1 heterocycles. The molecule has 1 aromatic rings. The molecule has 2 atom stereocenters. The molecule has 3 heteroatoms. The molecule has 0 aliphatic carbocycles. The van der Waals surface area contributed by atoms with Gasteiger partial charge in [0.25, 0.3) is 0 Å². The van der Waals surface area contributed by atoms with Gasteiger partial charge in [-0.2, -0.15) is 0 Å². The fraction of sp³-hybridized carbons (Fsp3) is 0.500. The molecule has 1 aliphatic heterocycles. The minimum atomic E-state index is -0.166. The average Bonchev–Trinajstić information content (AvgIpc) is 2.71. The number of ether oxygens (including phenoxy) is 1. The third-order valence-electron chi connectivity index (χ3n) is 3.38. The highest BCUT2D eigenvalue weighted by Crippen LogP contribution is 2.21. The summed E-state index contributed by atoms with van der Waals surface area (Å²) in [5, 5.41) is 0. The Bertz CT molecular complexity index is 377. The van der Waals surface area contributed by atoms with Crippen molar-refractivity contribution in [3.05, 3.63) is 35.9 Å². The second-order valence-corrected chi connectivity index (χ2v) is 4.58. The van der Waals surface area contributed by atoms with E-state index in [1.54, 1.807) is 0 Å². The van der Waals surface area contributed by atoms with E-state index in [9.17, 15) is 4.79 Å². The van der Waals surface area contributed by atoms with Crippen molar-refractivity contribution in [3.63, 3.8) is 0 Å². The van der Waals surface area contributed by atoms with Crippen LogP contribution in [0.25, 0.3) is 0 Å². The minimum Gasteiger partial charge on any atom is -0.447 e. The molecule has 0 bridgehead atoms. The number of carbonyl (C=O) groups is 1. The number of cyclic esters (lactones) is 1. The van der Waals surface area contributed by atoms with Crippen LogP contribution >= 0.6 is 0 Å². The molecule has 17 heavy (non-hydrogen) atoms. The van der Waals surface area contributed by atoms with E-state index in [0.717, 1.165) is 12.8 Å². The monoisotopic (exact) mass is 233 g/mol. The Morgan fingerprint density at radius 1 is 1.41 bits per heavy atom. The van der Waals surface area contributed by atoms with E-state index in [2.05, 4.69) is 26.0 Å². The predicted molar refractivity (Wildman–Crippen MR) is 66.9 cm³/mol. The van der Waals surface area contributed by atoms with Gasteiger partial charge < -0.3 is 4.74 Å². The lowest BCUT2D eigenvalue weighted by Gasteiger charge is -2.27. The maximum Gasteiger partial charge on any atom is 0.410 e. The van der Waals surface area contributed by atoms with Crippen molar-refractivity contribution in [2.75, 3.05) is 6.61 Å². The molecule has 1 fully saturated rings. The zero-order valence-corrected chi connectivity index (χ0v) is 10.4. The van der Waals surface area contributed by atoms with E-state index < -0.39 is 0 Å². The Labute approximate surface area is 102 Å². The van der Waals surface area contributed by atoms with Gasteiger partial charge in [0.15, 0.2) is 0 Å². The van der Waals surface area contributed by atoms with Gasteiger partial charge in [0.05, 0.1) is 6.04 Å². The van der Waals surface area contributed by atoms with E-state index in [4.69, 9.17) is 4.74 Å². The Hall–Kier alpha value is -1.51. The summed E-state index contributed by atoms with van der Waals surface area (Å²) < 4.78 is 5.16. The van der Waals surface area contributed by atoms with Gasteiger partial charge in [0.1, 0.15) is 6.61 Å². The van der Waals surface area contributed by atoms with Crippen molar-refractivity contribution in [3.8, 4) is 0 Å². The number of hydrogen-bond donors (Lipinski definition) is 0. The number of amides is 1. The lowest BCUT2D eigenvalue weighted by molar-refractivity contribution is 0.146. The van der Waals surface area contributed by atoms with Crippen LogP contribution in [0.15, 0.2) is 30.3 Å². The summed E-state index contributed by atoms with van der Waals surface area (Å²) in [6, 6.07) is 10.7. The first-order valence-electron chi connectivity index (χ1n) is 6.21. The van der Waals surface area contributed by atoms with Gasteiger partial charge >= 0.3 is 6.09 Å². The lowest BCUT2D eigenvalue weighted by Crippen LogP contribution is -2.41. The molecule has 92 valence electrons. The molecule has 0 saturated carbocycles. The summed E-state index contributed by atoms with van der Waals surface area (Å²) in [6.45, 7) is 4.68. The molecule has 1 aliphatic rings. The molecule has 1 aromatic carbocycles. The minimum absolute atomic E-state index is 0.166. The molecule has 1 saturated heterocycles. The summed E-state index contributed by atoms with van der Waals surface area (Å²) in [5.74, 6) is 0. The van der Waals surface area contributed by atoms with Gasteiger partial charge in [0.2, 0.25) is 0 Å². The molecule has 0 aromatic heterocycles. The predicted octanol–water partition coefficient (Wildman–Crippen LogP) is 2.85. The summed E-state index contributed by atoms with van der Waals surface area (Å²) in [4.78, 5) is 13.6. The van der Waals surface area contributed by atoms with Crippen LogP contribution in [0.3, 0.4) is 0 Å². The van der Waals surface area contributed by atoms with E-state index in [0.29, 0.717) is 6.61 Å².